The molecule has 4 heteroatoms. The lowest BCUT2D eigenvalue weighted by Crippen LogP contribution is -2.11. The van der Waals surface area contributed by atoms with Gasteiger partial charge in [0.25, 0.3) is 0 Å². The summed E-state index contributed by atoms with van der Waals surface area (Å²) in [7, 11) is 0. The molecule has 0 N–H and O–H groups in total. The molecule has 1 heterocycles. The highest BCUT2D eigenvalue weighted by molar-refractivity contribution is 6.17. The molecule has 0 aliphatic heterocycles. The van der Waals surface area contributed by atoms with Crippen molar-refractivity contribution in [1.82, 2.24) is 9.55 Å². The molecule has 0 radical (unpaired) electrons. The standard InChI is InChI=1S/C9H15ClN2O/c1-2-9(13-7-3-4-10)12-6-5-11-8-12/h5-6,8-9H,2-4,7H2,1H3. The van der Waals surface area contributed by atoms with E-state index in [1.165, 1.54) is 0 Å². The third-order valence-corrected chi connectivity index (χ3v) is 2.06. The highest BCUT2D eigenvalue weighted by Crippen LogP contribution is 2.12. The van der Waals surface area contributed by atoms with Gasteiger partial charge in [-0.15, -0.1) is 11.6 Å². The van der Waals surface area contributed by atoms with Crippen LogP contribution in [0.3, 0.4) is 0 Å². The van der Waals surface area contributed by atoms with Crippen molar-refractivity contribution >= 4 is 11.6 Å². The molecule has 1 unspecified atom stereocenters. The lowest BCUT2D eigenvalue weighted by atomic mass is 10.4. The van der Waals surface area contributed by atoms with Gasteiger partial charge in [0.2, 0.25) is 0 Å². The minimum absolute atomic E-state index is 0.103. The van der Waals surface area contributed by atoms with Gasteiger partial charge in [-0.25, -0.2) is 4.98 Å². The van der Waals surface area contributed by atoms with Crippen LogP contribution in [-0.4, -0.2) is 22.0 Å². The van der Waals surface area contributed by atoms with Gasteiger partial charge in [-0.1, -0.05) is 6.92 Å². The van der Waals surface area contributed by atoms with Crippen molar-refractivity contribution in [2.75, 3.05) is 12.5 Å². The van der Waals surface area contributed by atoms with Gasteiger partial charge in [0.05, 0.1) is 12.9 Å². The maximum absolute atomic E-state index is 5.61. The maximum atomic E-state index is 5.61. The zero-order chi connectivity index (χ0) is 9.52. The van der Waals surface area contributed by atoms with Gasteiger partial charge >= 0.3 is 0 Å². The average molecular weight is 203 g/mol. The second-order valence-electron chi connectivity index (χ2n) is 2.79. The monoisotopic (exact) mass is 202 g/mol. The van der Waals surface area contributed by atoms with Gasteiger partial charge in [-0.3, -0.25) is 0 Å². The van der Waals surface area contributed by atoms with E-state index in [0.717, 1.165) is 12.8 Å². The van der Waals surface area contributed by atoms with E-state index in [0.29, 0.717) is 12.5 Å². The Morgan fingerprint density at radius 2 is 2.46 bits per heavy atom. The summed E-state index contributed by atoms with van der Waals surface area (Å²) in [5.74, 6) is 0.653. The molecule has 0 saturated heterocycles. The summed E-state index contributed by atoms with van der Waals surface area (Å²) in [5, 5.41) is 0. The van der Waals surface area contributed by atoms with Gasteiger partial charge in [0, 0.05) is 18.3 Å². The van der Waals surface area contributed by atoms with Crippen molar-refractivity contribution in [3.8, 4) is 0 Å². The normalized spacial score (nSPS) is 13.1. The Kier molecular flexibility index (Phi) is 4.86. The molecule has 1 atom stereocenters. The van der Waals surface area contributed by atoms with Crippen LogP contribution in [-0.2, 0) is 4.74 Å². The summed E-state index contributed by atoms with van der Waals surface area (Å²) in [5.41, 5.74) is 0. The van der Waals surface area contributed by atoms with Gasteiger partial charge in [-0.05, 0) is 12.8 Å². The highest BCUT2D eigenvalue weighted by atomic mass is 35.5. The summed E-state index contributed by atoms with van der Waals surface area (Å²) in [6.07, 6.45) is 7.38. The molecule has 0 fully saturated rings. The van der Waals surface area contributed by atoms with Gasteiger partial charge in [-0.2, -0.15) is 0 Å². The van der Waals surface area contributed by atoms with Crippen LogP contribution in [0.2, 0.25) is 0 Å². The van der Waals surface area contributed by atoms with Crippen molar-refractivity contribution in [1.29, 1.82) is 0 Å². The van der Waals surface area contributed by atoms with Crippen LogP contribution >= 0.6 is 11.6 Å². The number of hydrogen-bond acceptors (Lipinski definition) is 2. The predicted octanol–water partition coefficient (Wildman–Crippen LogP) is 2.44. The number of alkyl halides is 1. The van der Waals surface area contributed by atoms with E-state index in [-0.39, 0.29) is 6.23 Å². The third kappa shape index (κ3) is 3.36. The van der Waals surface area contributed by atoms with Gasteiger partial charge in [0.15, 0.2) is 0 Å². The molecule has 1 aromatic rings. The molecule has 74 valence electrons. The molecule has 13 heavy (non-hydrogen) atoms. The summed E-state index contributed by atoms with van der Waals surface area (Å²) in [4.78, 5) is 3.98. The number of nitrogens with zero attached hydrogens (tertiary/aromatic N) is 2. The molecule has 0 spiro atoms. The zero-order valence-corrected chi connectivity index (χ0v) is 8.57. The fourth-order valence-corrected chi connectivity index (χ4v) is 1.24. The molecule has 1 rings (SSSR count). The molecule has 0 amide bonds. The van der Waals surface area contributed by atoms with Gasteiger partial charge < -0.3 is 9.30 Å². The van der Waals surface area contributed by atoms with E-state index in [4.69, 9.17) is 16.3 Å². The highest BCUT2D eigenvalue weighted by Gasteiger charge is 2.06. The summed E-state index contributed by atoms with van der Waals surface area (Å²) < 4.78 is 7.58. The van der Waals surface area contributed by atoms with Crippen LogP contribution in [0.25, 0.3) is 0 Å². The number of rotatable bonds is 6. The Morgan fingerprint density at radius 3 is 3.00 bits per heavy atom. The molecular weight excluding hydrogens is 188 g/mol. The van der Waals surface area contributed by atoms with Crippen molar-refractivity contribution in [2.24, 2.45) is 0 Å². The maximum Gasteiger partial charge on any atom is 0.134 e. The summed E-state index contributed by atoms with van der Waals surface area (Å²) in [6, 6.07) is 0. The molecule has 0 bridgehead atoms. The number of hydrogen-bond donors (Lipinski definition) is 0. The Bertz CT molecular complexity index is 213. The smallest absolute Gasteiger partial charge is 0.134 e. The quantitative estimate of drug-likeness (QED) is 0.524. The van der Waals surface area contributed by atoms with E-state index in [1.807, 2.05) is 10.8 Å². The minimum atomic E-state index is 0.103. The fraction of sp³-hybridized carbons (Fsp3) is 0.667. The fourth-order valence-electron chi connectivity index (χ4n) is 1.13. The van der Waals surface area contributed by atoms with Crippen LogP contribution in [0, 0.1) is 0 Å². The summed E-state index contributed by atoms with van der Waals surface area (Å²) in [6.45, 7) is 2.80. The Morgan fingerprint density at radius 1 is 1.62 bits per heavy atom. The van der Waals surface area contributed by atoms with Crippen LogP contribution in [0.15, 0.2) is 18.7 Å². The lowest BCUT2D eigenvalue weighted by Gasteiger charge is -2.16. The van der Waals surface area contributed by atoms with Crippen LogP contribution in [0.4, 0.5) is 0 Å². The first kappa shape index (κ1) is 10.5. The van der Waals surface area contributed by atoms with Crippen LogP contribution in [0.1, 0.15) is 26.0 Å². The van der Waals surface area contributed by atoms with Crippen molar-refractivity contribution in [3.05, 3.63) is 18.7 Å². The first-order valence-electron chi connectivity index (χ1n) is 4.53. The second kappa shape index (κ2) is 6.00. The molecule has 0 aliphatic rings. The van der Waals surface area contributed by atoms with Gasteiger partial charge in [0.1, 0.15) is 6.23 Å². The first-order chi connectivity index (χ1) is 6.38. The average Bonchev–Trinajstić information content (AvgIpc) is 2.65. The Labute approximate surface area is 83.7 Å². The zero-order valence-electron chi connectivity index (χ0n) is 7.82. The Balaban J connectivity index is 2.35. The molecule has 3 nitrogen and oxygen atoms in total. The van der Waals surface area contributed by atoms with Crippen molar-refractivity contribution in [3.63, 3.8) is 0 Å². The third-order valence-electron chi connectivity index (χ3n) is 1.79. The number of imidazole rings is 1. The van der Waals surface area contributed by atoms with E-state index >= 15 is 0 Å². The van der Waals surface area contributed by atoms with Crippen LogP contribution in [0.5, 0.6) is 0 Å². The minimum Gasteiger partial charge on any atom is -0.358 e. The van der Waals surface area contributed by atoms with Crippen molar-refractivity contribution in [2.45, 2.75) is 26.0 Å². The van der Waals surface area contributed by atoms with Crippen molar-refractivity contribution < 1.29 is 4.74 Å². The van der Waals surface area contributed by atoms with E-state index in [1.54, 1.807) is 12.5 Å². The number of halogens is 1. The Hall–Kier alpha value is -0.540. The molecule has 1 aromatic heterocycles. The van der Waals surface area contributed by atoms with Crippen LogP contribution < -0.4 is 0 Å². The molecule has 0 aliphatic carbocycles. The topological polar surface area (TPSA) is 27.1 Å². The number of ether oxygens (including phenoxy) is 1. The lowest BCUT2D eigenvalue weighted by molar-refractivity contribution is 0.000422. The number of aromatic nitrogens is 2. The first-order valence-corrected chi connectivity index (χ1v) is 5.07. The second-order valence-corrected chi connectivity index (χ2v) is 3.16. The molecule has 0 saturated carbocycles. The largest absolute Gasteiger partial charge is 0.358 e. The van der Waals surface area contributed by atoms with E-state index in [2.05, 4.69) is 11.9 Å². The SMILES string of the molecule is CCC(OCCCCl)n1ccnc1. The van der Waals surface area contributed by atoms with E-state index in [9.17, 15) is 0 Å². The molecule has 0 aromatic carbocycles. The summed E-state index contributed by atoms with van der Waals surface area (Å²) >= 11 is 5.55. The molecular formula is C9H15ClN2O. The predicted molar refractivity (Wildman–Crippen MR) is 52.8 cm³/mol. The van der Waals surface area contributed by atoms with E-state index < -0.39 is 0 Å².